The summed E-state index contributed by atoms with van der Waals surface area (Å²) in [6.45, 7) is 0. The molecule has 3 rings (SSSR count). The van der Waals surface area contributed by atoms with Crippen molar-refractivity contribution in [2.75, 3.05) is 0 Å². The summed E-state index contributed by atoms with van der Waals surface area (Å²) in [5, 5.41) is 0. The number of hydrogen-bond donors (Lipinski definition) is 0. The van der Waals surface area contributed by atoms with E-state index in [1.807, 2.05) is 18.2 Å². The maximum Gasteiger partial charge on any atom is 0.240 e. The quantitative estimate of drug-likeness (QED) is 0.541. The molecule has 6 nitrogen and oxygen atoms in total. The molecule has 0 heterocycles. The van der Waals surface area contributed by atoms with Gasteiger partial charge in [0.25, 0.3) is 0 Å². The molecule has 0 amide bonds. The van der Waals surface area contributed by atoms with Crippen LogP contribution >= 0.6 is 0 Å². The van der Waals surface area contributed by atoms with Crippen molar-refractivity contribution in [1.29, 1.82) is 0 Å². The first-order chi connectivity index (χ1) is 13.7. The lowest BCUT2D eigenvalue weighted by Gasteiger charge is -2.31. The molecule has 6 heteroatoms. The first-order valence-corrected chi connectivity index (χ1v) is 10.0. The second kappa shape index (κ2) is 12.7. The summed E-state index contributed by atoms with van der Waals surface area (Å²) in [6.07, 6.45) is 15.1. The van der Waals surface area contributed by atoms with Crippen molar-refractivity contribution < 1.29 is 14.4 Å². The molecule has 148 valence electrons. The zero-order chi connectivity index (χ0) is 20.0. The molecule has 1 aromatic carbocycles. The number of rotatable bonds is 5. The van der Waals surface area contributed by atoms with Crippen molar-refractivity contribution in [1.82, 2.24) is 0 Å². The molecule has 1 aromatic rings. The number of benzene rings is 1. The van der Waals surface area contributed by atoms with Gasteiger partial charge in [-0.15, -0.1) is 0 Å². The van der Waals surface area contributed by atoms with E-state index in [1.165, 1.54) is 38.2 Å². The summed E-state index contributed by atoms with van der Waals surface area (Å²) in [4.78, 5) is 41.2. The van der Waals surface area contributed by atoms with Crippen molar-refractivity contribution in [3.63, 3.8) is 0 Å². The molecule has 0 aromatic heterocycles. The number of hydrogen-bond acceptors (Lipinski definition) is 6. The van der Waals surface area contributed by atoms with Crippen LogP contribution in [0.5, 0.6) is 0 Å². The van der Waals surface area contributed by atoms with Crippen LogP contribution in [0.2, 0.25) is 0 Å². The minimum absolute atomic E-state index is 0.228. The third-order valence-electron chi connectivity index (χ3n) is 5.70. The van der Waals surface area contributed by atoms with Gasteiger partial charge in [-0.1, -0.05) is 18.2 Å². The molecule has 0 saturated heterocycles. The van der Waals surface area contributed by atoms with E-state index in [2.05, 4.69) is 15.0 Å². The minimum atomic E-state index is 0.228. The lowest BCUT2D eigenvalue weighted by Crippen LogP contribution is -2.23. The third-order valence-corrected chi connectivity index (χ3v) is 5.70. The van der Waals surface area contributed by atoms with Gasteiger partial charge >= 0.3 is 0 Å². The second-order valence-corrected chi connectivity index (χ2v) is 7.56. The van der Waals surface area contributed by atoms with E-state index in [-0.39, 0.29) is 12.1 Å². The second-order valence-electron chi connectivity index (χ2n) is 7.56. The van der Waals surface area contributed by atoms with Crippen molar-refractivity contribution in [2.45, 2.75) is 69.9 Å². The summed E-state index contributed by atoms with van der Waals surface area (Å²) in [6, 6.07) is 9.43. The average molecular weight is 381 g/mol. The summed E-state index contributed by atoms with van der Waals surface area (Å²) in [5.41, 5.74) is 0.646. The van der Waals surface area contributed by atoms with E-state index >= 15 is 0 Å². The van der Waals surface area contributed by atoms with Gasteiger partial charge in [0, 0.05) is 0 Å². The molecule has 0 radical (unpaired) electrons. The molecule has 2 saturated carbocycles. The van der Waals surface area contributed by atoms with Crippen LogP contribution in [0.15, 0.2) is 45.3 Å². The highest BCUT2D eigenvalue weighted by Crippen LogP contribution is 2.36. The van der Waals surface area contributed by atoms with Crippen LogP contribution in [-0.4, -0.2) is 30.3 Å². The van der Waals surface area contributed by atoms with Crippen molar-refractivity contribution in [2.24, 2.45) is 26.8 Å². The van der Waals surface area contributed by atoms with Crippen LogP contribution in [0.1, 0.15) is 57.8 Å². The van der Waals surface area contributed by atoms with Gasteiger partial charge in [0.05, 0.1) is 17.8 Å². The van der Waals surface area contributed by atoms with Crippen LogP contribution in [0.25, 0.3) is 0 Å². The lowest BCUT2D eigenvalue weighted by atomic mass is 9.76. The Morgan fingerprint density at radius 3 is 1.54 bits per heavy atom. The molecule has 2 aliphatic carbocycles. The third kappa shape index (κ3) is 7.94. The van der Waals surface area contributed by atoms with Crippen molar-refractivity contribution >= 4 is 23.9 Å². The topological polar surface area (TPSA) is 88.3 Å². The highest BCUT2D eigenvalue weighted by molar-refractivity contribution is 5.47. The molecule has 0 aliphatic heterocycles. The molecule has 2 fully saturated rings. The van der Waals surface area contributed by atoms with Gasteiger partial charge in [0.1, 0.15) is 0 Å². The summed E-state index contributed by atoms with van der Waals surface area (Å²) >= 11 is 0. The van der Waals surface area contributed by atoms with E-state index < -0.39 is 0 Å². The fourth-order valence-corrected chi connectivity index (χ4v) is 4.20. The van der Waals surface area contributed by atoms with E-state index in [0.29, 0.717) is 5.69 Å². The fourth-order valence-electron chi connectivity index (χ4n) is 4.20. The Bertz CT molecular complexity index is 681. The molecule has 0 N–H and O–H groups in total. The van der Waals surface area contributed by atoms with E-state index in [4.69, 9.17) is 0 Å². The molecule has 0 spiro atoms. The van der Waals surface area contributed by atoms with E-state index in [9.17, 15) is 14.4 Å². The van der Waals surface area contributed by atoms with Gasteiger partial charge in [-0.25, -0.2) is 24.4 Å². The van der Waals surface area contributed by atoms with Gasteiger partial charge in [-0.2, -0.15) is 4.99 Å². The maximum absolute atomic E-state index is 10.2. The first-order valence-electron chi connectivity index (χ1n) is 10.0. The Kier molecular flexibility index (Phi) is 9.82. The SMILES string of the molecule is O=C=NC1CCC(CC2CCC(N=C=O)CC2)CC1.O=C=Nc1ccccc1. The zero-order valence-electron chi connectivity index (χ0n) is 16.1. The number of carbonyl (C=O) groups excluding carboxylic acids is 3. The predicted molar refractivity (Wildman–Crippen MR) is 107 cm³/mol. The van der Waals surface area contributed by atoms with Crippen LogP contribution in [-0.2, 0) is 14.4 Å². The first kappa shape index (κ1) is 21.7. The van der Waals surface area contributed by atoms with Crippen molar-refractivity contribution in [3.05, 3.63) is 30.3 Å². The Labute approximate surface area is 165 Å². The van der Waals surface area contributed by atoms with E-state index in [1.54, 1.807) is 24.3 Å². The Hall–Kier alpha value is -2.64. The fraction of sp³-hybridized carbons (Fsp3) is 0.591. The molecular formula is C22H27N3O3. The highest BCUT2D eigenvalue weighted by atomic mass is 16.1. The van der Waals surface area contributed by atoms with Gasteiger partial charge in [-0.3, -0.25) is 0 Å². The van der Waals surface area contributed by atoms with E-state index in [0.717, 1.165) is 37.5 Å². The van der Waals surface area contributed by atoms with Crippen LogP contribution < -0.4 is 0 Å². The standard InChI is InChI=1S/C15H22N2O2.C7H5NO/c18-10-16-14-5-1-12(2-6-14)9-13-3-7-15(8-4-13)17-11-19;9-6-8-7-4-2-1-3-5-7/h12-15H,1-9H2;1-5H. The van der Waals surface area contributed by atoms with Gasteiger partial charge in [-0.05, 0) is 81.8 Å². The maximum atomic E-state index is 10.2. The van der Waals surface area contributed by atoms with Crippen LogP contribution in [0, 0.1) is 11.8 Å². The minimum Gasteiger partial charge on any atom is -0.211 e. The molecule has 2 aliphatic rings. The van der Waals surface area contributed by atoms with Crippen LogP contribution in [0.3, 0.4) is 0 Å². The molecular weight excluding hydrogens is 354 g/mol. The lowest BCUT2D eigenvalue weighted by molar-refractivity contribution is 0.226. The number of isocyanates is 3. The molecule has 28 heavy (non-hydrogen) atoms. The smallest absolute Gasteiger partial charge is 0.211 e. The summed E-state index contributed by atoms with van der Waals surface area (Å²) < 4.78 is 0. The average Bonchev–Trinajstić information content (AvgIpc) is 2.73. The highest BCUT2D eigenvalue weighted by Gasteiger charge is 2.26. The normalized spacial score (nSPS) is 26.3. The Morgan fingerprint density at radius 1 is 0.679 bits per heavy atom. The monoisotopic (exact) mass is 381 g/mol. The summed E-state index contributed by atoms with van der Waals surface area (Å²) in [7, 11) is 0. The number of nitrogens with zero attached hydrogens (tertiary/aromatic N) is 3. The molecule has 0 atom stereocenters. The number of aliphatic imine (C=N–C) groups is 3. The summed E-state index contributed by atoms with van der Waals surface area (Å²) in [5.74, 6) is 1.60. The number of para-hydroxylation sites is 1. The van der Waals surface area contributed by atoms with Crippen molar-refractivity contribution in [3.8, 4) is 0 Å². The predicted octanol–water partition coefficient (Wildman–Crippen LogP) is 4.82. The molecule has 0 unspecified atom stereocenters. The largest absolute Gasteiger partial charge is 0.240 e. The van der Waals surface area contributed by atoms with Gasteiger partial charge in [0.2, 0.25) is 18.2 Å². The van der Waals surface area contributed by atoms with Crippen LogP contribution in [0.4, 0.5) is 5.69 Å². The molecule has 0 bridgehead atoms. The Morgan fingerprint density at radius 2 is 1.14 bits per heavy atom. The van der Waals surface area contributed by atoms with Gasteiger partial charge < -0.3 is 0 Å². The van der Waals surface area contributed by atoms with Gasteiger partial charge in [0.15, 0.2) is 0 Å². The zero-order valence-corrected chi connectivity index (χ0v) is 16.1. The Balaban J connectivity index is 0.000000261.